The fourth-order valence-electron chi connectivity index (χ4n) is 4.88. The second kappa shape index (κ2) is 6.44. The predicted octanol–water partition coefficient (Wildman–Crippen LogP) is 2.48. The summed E-state index contributed by atoms with van der Waals surface area (Å²) in [5, 5.41) is 6.08. The van der Waals surface area contributed by atoms with Crippen LogP contribution in [-0.2, 0) is 4.79 Å². The van der Waals surface area contributed by atoms with E-state index in [9.17, 15) is 9.59 Å². The van der Waals surface area contributed by atoms with Crippen molar-refractivity contribution in [3.63, 3.8) is 0 Å². The van der Waals surface area contributed by atoms with Gasteiger partial charge in [0.15, 0.2) is 5.72 Å². The number of benzene rings is 1. The lowest BCUT2D eigenvalue weighted by Gasteiger charge is -2.55. The molecule has 2 amide bonds. The number of amides is 2. The first-order chi connectivity index (χ1) is 13.3. The Kier molecular flexibility index (Phi) is 4.29. The lowest BCUT2D eigenvalue weighted by molar-refractivity contribution is -0.147. The van der Waals surface area contributed by atoms with E-state index in [2.05, 4.69) is 16.6 Å². The van der Waals surface area contributed by atoms with Crippen LogP contribution in [0.3, 0.4) is 0 Å². The van der Waals surface area contributed by atoms with Gasteiger partial charge < -0.3 is 20.1 Å². The Hall–Kier alpha value is -2.68. The van der Waals surface area contributed by atoms with Crippen molar-refractivity contribution < 1.29 is 19.1 Å². The lowest BCUT2D eigenvalue weighted by atomic mass is 9.59. The topological polar surface area (TPSA) is 76.7 Å². The first-order valence-corrected chi connectivity index (χ1v) is 9.76. The van der Waals surface area contributed by atoms with Crippen molar-refractivity contribution in [1.82, 2.24) is 10.6 Å². The third kappa shape index (κ3) is 2.99. The number of nitrogens with one attached hydrogen (secondary N) is 2. The zero-order valence-electron chi connectivity index (χ0n) is 16.5. The normalized spacial score (nSPS) is 30.6. The Labute approximate surface area is 165 Å². The molecule has 28 heavy (non-hydrogen) atoms. The van der Waals surface area contributed by atoms with Gasteiger partial charge in [-0.15, -0.1) is 6.42 Å². The van der Waals surface area contributed by atoms with E-state index in [1.807, 2.05) is 13.8 Å². The number of fused-ring (bicyclic) bond motifs is 3. The summed E-state index contributed by atoms with van der Waals surface area (Å²) in [6, 6.07) is 5.23. The maximum Gasteiger partial charge on any atom is 0.258 e. The van der Waals surface area contributed by atoms with Crippen molar-refractivity contribution in [2.24, 2.45) is 17.8 Å². The summed E-state index contributed by atoms with van der Waals surface area (Å²) in [6.07, 6.45) is 8.68. The lowest BCUT2D eigenvalue weighted by Crippen LogP contribution is -2.67. The quantitative estimate of drug-likeness (QED) is 0.788. The second-order valence-corrected chi connectivity index (χ2v) is 8.65. The first-order valence-electron chi connectivity index (χ1n) is 9.76. The van der Waals surface area contributed by atoms with E-state index >= 15 is 0 Å². The molecule has 5 rings (SSSR count). The molecule has 6 nitrogen and oxygen atoms in total. The molecule has 4 atom stereocenters. The Morgan fingerprint density at radius 2 is 2.21 bits per heavy atom. The van der Waals surface area contributed by atoms with Crippen LogP contribution in [0.2, 0.25) is 0 Å². The van der Waals surface area contributed by atoms with Crippen LogP contribution in [0.15, 0.2) is 18.2 Å². The molecule has 3 aliphatic carbocycles. The van der Waals surface area contributed by atoms with E-state index in [-0.39, 0.29) is 29.6 Å². The molecule has 1 aliphatic heterocycles. The summed E-state index contributed by atoms with van der Waals surface area (Å²) in [6.45, 7) is 3.64. The monoisotopic (exact) mass is 382 g/mol. The van der Waals surface area contributed by atoms with Gasteiger partial charge in [-0.3, -0.25) is 9.59 Å². The number of methoxy groups -OCH3 is 1. The van der Waals surface area contributed by atoms with Gasteiger partial charge in [-0.2, -0.15) is 0 Å². The molecule has 6 heteroatoms. The molecule has 0 unspecified atom stereocenters. The van der Waals surface area contributed by atoms with Gasteiger partial charge in [0.25, 0.3) is 5.91 Å². The van der Waals surface area contributed by atoms with E-state index in [1.54, 1.807) is 25.3 Å². The standard InChI is InChI=1S/C22H26N2O4/c1-5-21(2,3)23-20(26)17-10-14-7-6-13(17)12-22(14)24-19(25)16-9-8-15(27-4)11-18(16)28-22/h1,8-9,11,13-14,17H,6-7,10,12H2,2-4H3,(H,23,26)(H,24,25)/t13-,14-,17+,22+/m1/s1. The van der Waals surface area contributed by atoms with Gasteiger partial charge >= 0.3 is 0 Å². The summed E-state index contributed by atoms with van der Waals surface area (Å²) in [7, 11) is 1.59. The fourth-order valence-corrected chi connectivity index (χ4v) is 4.88. The number of ether oxygens (including phenoxy) is 2. The molecular weight excluding hydrogens is 356 g/mol. The maximum atomic E-state index is 12.8. The van der Waals surface area contributed by atoms with Crippen LogP contribution in [0.1, 0.15) is 49.9 Å². The van der Waals surface area contributed by atoms with Crippen molar-refractivity contribution in [2.75, 3.05) is 7.11 Å². The number of carbonyl (C=O) groups excluding carboxylic acids is 2. The maximum absolute atomic E-state index is 12.8. The van der Waals surface area contributed by atoms with Crippen LogP contribution in [0.5, 0.6) is 11.5 Å². The summed E-state index contributed by atoms with van der Waals surface area (Å²) < 4.78 is 11.7. The number of hydrogen-bond acceptors (Lipinski definition) is 4. The Balaban J connectivity index is 1.57. The van der Waals surface area contributed by atoms with Crippen molar-refractivity contribution in [3.8, 4) is 23.8 Å². The molecule has 1 aromatic carbocycles. The van der Waals surface area contributed by atoms with Crippen LogP contribution in [0.4, 0.5) is 0 Å². The van der Waals surface area contributed by atoms with Gasteiger partial charge in [0, 0.05) is 24.3 Å². The summed E-state index contributed by atoms with van der Waals surface area (Å²) in [5.74, 6) is 3.79. The highest BCUT2D eigenvalue weighted by atomic mass is 16.5. The van der Waals surface area contributed by atoms with Crippen molar-refractivity contribution in [2.45, 2.75) is 50.8 Å². The zero-order chi connectivity index (χ0) is 20.1. The molecule has 0 aromatic heterocycles. The molecule has 0 radical (unpaired) electrons. The molecule has 2 bridgehead atoms. The van der Waals surface area contributed by atoms with Gasteiger partial charge in [-0.1, -0.05) is 5.92 Å². The third-order valence-corrected chi connectivity index (χ3v) is 6.40. The van der Waals surface area contributed by atoms with Gasteiger partial charge in [-0.25, -0.2) is 0 Å². The number of hydrogen-bond donors (Lipinski definition) is 2. The van der Waals surface area contributed by atoms with Crippen LogP contribution in [-0.4, -0.2) is 30.2 Å². The molecule has 1 aromatic rings. The molecule has 3 fully saturated rings. The van der Waals surface area contributed by atoms with Crippen molar-refractivity contribution >= 4 is 11.8 Å². The molecule has 4 aliphatic rings. The van der Waals surface area contributed by atoms with Crippen LogP contribution >= 0.6 is 0 Å². The highest BCUT2D eigenvalue weighted by Gasteiger charge is 2.57. The largest absolute Gasteiger partial charge is 0.497 e. The molecule has 0 saturated heterocycles. The molecule has 148 valence electrons. The van der Waals surface area contributed by atoms with E-state index in [1.165, 1.54) is 0 Å². The average molecular weight is 382 g/mol. The Morgan fingerprint density at radius 3 is 2.86 bits per heavy atom. The zero-order valence-corrected chi connectivity index (χ0v) is 16.5. The molecule has 3 saturated carbocycles. The van der Waals surface area contributed by atoms with Gasteiger partial charge in [0.05, 0.1) is 18.2 Å². The van der Waals surface area contributed by atoms with Crippen LogP contribution < -0.4 is 20.1 Å². The second-order valence-electron chi connectivity index (χ2n) is 8.65. The molecule has 2 N–H and O–H groups in total. The minimum Gasteiger partial charge on any atom is -0.497 e. The van der Waals surface area contributed by atoms with E-state index in [0.717, 1.165) is 12.8 Å². The molecular formula is C22H26N2O4. The van der Waals surface area contributed by atoms with Crippen molar-refractivity contribution in [3.05, 3.63) is 23.8 Å². The van der Waals surface area contributed by atoms with E-state index in [0.29, 0.717) is 29.9 Å². The summed E-state index contributed by atoms with van der Waals surface area (Å²) in [5.41, 5.74) is -0.910. The molecule has 1 spiro atoms. The van der Waals surface area contributed by atoms with Crippen LogP contribution in [0.25, 0.3) is 0 Å². The number of carbonyl (C=O) groups is 2. The smallest absolute Gasteiger partial charge is 0.258 e. The van der Waals surface area contributed by atoms with Gasteiger partial charge in [0.2, 0.25) is 5.91 Å². The highest BCUT2D eigenvalue weighted by Crippen LogP contribution is 2.52. The van der Waals surface area contributed by atoms with E-state index in [4.69, 9.17) is 15.9 Å². The van der Waals surface area contributed by atoms with Crippen molar-refractivity contribution in [1.29, 1.82) is 0 Å². The number of rotatable bonds is 3. The van der Waals surface area contributed by atoms with E-state index < -0.39 is 11.3 Å². The Morgan fingerprint density at radius 1 is 1.43 bits per heavy atom. The summed E-state index contributed by atoms with van der Waals surface area (Å²) in [4.78, 5) is 25.6. The fraction of sp³-hybridized carbons (Fsp3) is 0.545. The van der Waals surface area contributed by atoms with Gasteiger partial charge in [-0.05, 0) is 51.2 Å². The first kappa shape index (κ1) is 18.7. The SMILES string of the molecule is C#CC(C)(C)NC(=O)[C@H]1C[C@H]2CC[C@@H]1C[C@@]21NC(=O)c2ccc(OC)cc2O1. The third-order valence-electron chi connectivity index (χ3n) is 6.40. The van der Waals surface area contributed by atoms with Crippen LogP contribution in [0, 0.1) is 30.1 Å². The molecule has 1 heterocycles. The summed E-state index contributed by atoms with van der Waals surface area (Å²) >= 11 is 0. The minimum absolute atomic E-state index is 0.00305. The van der Waals surface area contributed by atoms with Gasteiger partial charge in [0.1, 0.15) is 11.5 Å². The predicted molar refractivity (Wildman–Crippen MR) is 104 cm³/mol. The minimum atomic E-state index is -0.752. The highest BCUT2D eigenvalue weighted by molar-refractivity contribution is 5.98. The average Bonchev–Trinajstić information content (AvgIpc) is 2.67. The number of terminal acetylenes is 1. The Bertz CT molecular complexity index is 872.